The smallest absolute Gasteiger partial charge is 0.328 e. The summed E-state index contributed by atoms with van der Waals surface area (Å²) >= 11 is 0. The van der Waals surface area contributed by atoms with E-state index in [1.165, 1.54) is 11.3 Å². The van der Waals surface area contributed by atoms with Crippen LogP contribution in [0.25, 0.3) is 0 Å². The van der Waals surface area contributed by atoms with Crippen LogP contribution in [-0.2, 0) is 11.8 Å². The summed E-state index contributed by atoms with van der Waals surface area (Å²) in [6.07, 6.45) is 8.75. The summed E-state index contributed by atoms with van der Waals surface area (Å²) in [5.41, 5.74) is 0.771. The summed E-state index contributed by atoms with van der Waals surface area (Å²) in [7, 11) is 3.49. The van der Waals surface area contributed by atoms with Crippen molar-refractivity contribution in [2.75, 3.05) is 7.11 Å². The number of aryl methyl sites for hydroxylation is 1. The van der Waals surface area contributed by atoms with Crippen LogP contribution >= 0.6 is 0 Å². The predicted molar refractivity (Wildman–Crippen MR) is 106 cm³/mol. The summed E-state index contributed by atoms with van der Waals surface area (Å²) in [5.74, 6) is 1.64. The SMILES string of the molecule is COc1ccccc1[C@H](c1nccn1C)N1C(=O)[C@@H]2C[C@H]3CCCC[C@@H]3N2C1=O. The lowest BCUT2D eigenvalue weighted by Gasteiger charge is -2.33. The molecule has 4 atom stereocenters. The number of fused-ring (bicyclic) bond motifs is 3. The second-order valence-corrected chi connectivity index (χ2v) is 8.30. The topological polar surface area (TPSA) is 67.7 Å². The number of para-hydroxylation sites is 1. The standard InChI is InChI=1S/C22H26N4O3/c1-24-12-11-23-20(24)19(15-8-4-6-10-18(15)29-2)26-21(27)17-13-14-7-3-5-9-16(14)25(17)22(26)28/h4,6,8,10-12,14,16-17,19H,3,5,7,9,13H2,1-2H3/t14-,16+,17+,19-/m1/s1. The Bertz CT molecular complexity index is 955. The molecule has 5 rings (SSSR count). The third kappa shape index (κ3) is 2.67. The van der Waals surface area contributed by atoms with Gasteiger partial charge in [0, 0.05) is 31.0 Å². The molecule has 2 saturated heterocycles. The average molecular weight is 394 g/mol. The first kappa shape index (κ1) is 18.2. The molecule has 152 valence electrons. The highest BCUT2D eigenvalue weighted by molar-refractivity contribution is 6.05. The van der Waals surface area contributed by atoms with E-state index in [1.54, 1.807) is 13.3 Å². The Kier molecular flexibility index (Phi) is 4.33. The van der Waals surface area contributed by atoms with Gasteiger partial charge in [-0.1, -0.05) is 31.0 Å². The minimum Gasteiger partial charge on any atom is -0.496 e. The molecular formula is C22H26N4O3. The summed E-state index contributed by atoms with van der Waals surface area (Å²) in [6, 6.07) is 6.60. The van der Waals surface area contributed by atoms with Gasteiger partial charge in [-0.25, -0.2) is 14.7 Å². The van der Waals surface area contributed by atoms with Crippen molar-refractivity contribution in [2.45, 2.75) is 50.2 Å². The van der Waals surface area contributed by atoms with Gasteiger partial charge in [0.2, 0.25) is 0 Å². The van der Waals surface area contributed by atoms with Crippen LogP contribution in [0.5, 0.6) is 5.75 Å². The van der Waals surface area contributed by atoms with Gasteiger partial charge in [0.1, 0.15) is 23.7 Å². The second kappa shape index (κ2) is 6.90. The molecule has 0 radical (unpaired) electrons. The third-order valence-corrected chi connectivity index (χ3v) is 6.83. The maximum atomic E-state index is 13.6. The van der Waals surface area contributed by atoms with Crippen LogP contribution in [0.3, 0.4) is 0 Å². The molecule has 2 aliphatic heterocycles. The number of carbonyl (C=O) groups excluding carboxylic acids is 2. The molecule has 3 amide bonds. The van der Waals surface area contributed by atoms with Crippen molar-refractivity contribution in [3.05, 3.63) is 48.0 Å². The molecule has 0 spiro atoms. The molecule has 3 heterocycles. The van der Waals surface area contributed by atoms with Crippen LogP contribution in [0.4, 0.5) is 4.79 Å². The van der Waals surface area contributed by atoms with Crippen molar-refractivity contribution in [3.8, 4) is 5.75 Å². The highest BCUT2D eigenvalue weighted by Crippen LogP contribution is 2.46. The van der Waals surface area contributed by atoms with E-state index in [0.717, 1.165) is 31.2 Å². The number of methoxy groups -OCH3 is 1. The van der Waals surface area contributed by atoms with Crippen molar-refractivity contribution < 1.29 is 14.3 Å². The minimum atomic E-state index is -0.612. The maximum absolute atomic E-state index is 13.6. The number of hydrogen-bond donors (Lipinski definition) is 0. The van der Waals surface area contributed by atoms with E-state index in [0.29, 0.717) is 17.5 Å². The Labute approximate surface area is 170 Å². The van der Waals surface area contributed by atoms with E-state index in [2.05, 4.69) is 4.98 Å². The van der Waals surface area contributed by atoms with Gasteiger partial charge < -0.3 is 14.2 Å². The first-order valence-corrected chi connectivity index (χ1v) is 10.4. The zero-order chi connectivity index (χ0) is 20.1. The van der Waals surface area contributed by atoms with E-state index >= 15 is 0 Å². The van der Waals surface area contributed by atoms with Crippen LogP contribution in [0.2, 0.25) is 0 Å². The van der Waals surface area contributed by atoms with Gasteiger partial charge in [-0.05, 0) is 31.2 Å². The third-order valence-electron chi connectivity index (χ3n) is 6.83. The van der Waals surface area contributed by atoms with Gasteiger partial charge in [0.15, 0.2) is 0 Å². The molecule has 7 heteroatoms. The largest absolute Gasteiger partial charge is 0.496 e. The molecule has 3 fully saturated rings. The van der Waals surface area contributed by atoms with E-state index < -0.39 is 6.04 Å². The molecule has 1 saturated carbocycles. The fourth-order valence-corrected chi connectivity index (χ4v) is 5.50. The predicted octanol–water partition coefficient (Wildman–Crippen LogP) is 3.11. The number of rotatable bonds is 4. The number of imidazole rings is 1. The van der Waals surface area contributed by atoms with E-state index in [-0.39, 0.29) is 24.0 Å². The fourth-order valence-electron chi connectivity index (χ4n) is 5.50. The molecule has 7 nitrogen and oxygen atoms in total. The van der Waals surface area contributed by atoms with Crippen LogP contribution in [0.1, 0.15) is 49.5 Å². The highest BCUT2D eigenvalue weighted by atomic mass is 16.5. The number of carbonyl (C=O) groups is 2. The Morgan fingerprint density at radius 1 is 1.17 bits per heavy atom. The second-order valence-electron chi connectivity index (χ2n) is 8.30. The lowest BCUT2D eigenvalue weighted by atomic mass is 9.84. The zero-order valence-corrected chi connectivity index (χ0v) is 16.8. The highest BCUT2D eigenvalue weighted by Gasteiger charge is 2.57. The molecule has 29 heavy (non-hydrogen) atoms. The van der Waals surface area contributed by atoms with Gasteiger partial charge in [0.25, 0.3) is 5.91 Å². The Balaban J connectivity index is 1.60. The molecule has 1 aromatic carbocycles. The van der Waals surface area contributed by atoms with Crippen LogP contribution in [-0.4, -0.2) is 50.5 Å². The van der Waals surface area contributed by atoms with Gasteiger partial charge in [-0.2, -0.15) is 0 Å². The number of urea groups is 1. The number of ether oxygens (including phenoxy) is 1. The summed E-state index contributed by atoms with van der Waals surface area (Å²) in [4.78, 5) is 35.0. The first-order chi connectivity index (χ1) is 14.1. The van der Waals surface area contributed by atoms with Gasteiger partial charge in [0.05, 0.1) is 7.11 Å². The van der Waals surface area contributed by atoms with Gasteiger partial charge >= 0.3 is 6.03 Å². The Hall–Kier alpha value is -2.83. The van der Waals surface area contributed by atoms with Gasteiger partial charge in [-0.15, -0.1) is 0 Å². The fraction of sp³-hybridized carbons (Fsp3) is 0.500. The molecule has 0 unspecified atom stereocenters. The molecular weight excluding hydrogens is 368 g/mol. The molecule has 3 aliphatic rings. The van der Waals surface area contributed by atoms with Gasteiger partial charge in [-0.3, -0.25) is 4.79 Å². The monoisotopic (exact) mass is 394 g/mol. The Morgan fingerprint density at radius 2 is 1.97 bits per heavy atom. The quantitative estimate of drug-likeness (QED) is 0.748. The number of amides is 3. The van der Waals surface area contributed by atoms with E-state index in [4.69, 9.17) is 4.74 Å². The van der Waals surface area contributed by atoms with Crippen LogP contribution in [0, 0.1) is 5.92 Å². The minimum absolute atomic E-state index is 0.108. The normalized spacial score (nSPS) is 27.2. The van der Waals surface area contributed by atoms with Crippen molar-refractivity contribution in [3.63, 3.8) is 0 Å². The first-order valence-electron chi connectivity index (χ1n) is 10.4. The van der Waals surface area contributed by atoms with Crippen molar-refractivity contribution in [1.82, 2.24) is 19.4 Å². The maximum Gasteiger partial charge on any atom is 0.328 e. The molecule has 1 aromatic heterocycles. The van der Waals surface area contributed by atoms with Crippen molar-refractivity contribution in [1.29, 1.82) is 0 Å². The number of benzene rings is 1. The lowest BCUT2D eigenvalue weighted by molar-refractivity contribution is -0.129. The van der Waals surface area contributed by atoms with Crippen molar-refractivity contribution >= 4 is 11.9 Å². The molecule has 0 N–H and O–H groups in total. The Morgan fingerprint density at radius 3 is 2.72 bits per heavy atom. The molecule has 2 aromatic rings. The summed E-state index contributed by atoms with van der Waals surface area (Å²) < 4.78 is 7.44. The molecule has 1 aliphatic carbocycles. The number of aromatic nitrogens is 2. The van der Waals surface area contributed by atoms with E-state index in [1.807, 2.05) is 47.0 Å². The van der Waals surface area contributed by atoms with Crippen molar-refractivity contribution in [2.24, 2.45) is 13.0 Å². The number of nitrogens with zero attached hydrogens (tertiary/aromatic N) is 4. The summed E-state index contributed by atoms with van der Waals surface area (Å²) in [5, 5.41) is 0. The van der Waals surface area contributed by atoms with Crippen LogP contribution < -0.4 is 4.74 Å². The lowest BCUT2D eigenvalue weighted by Crippen LogP contribution is -2.43. The van der Waals surface area contributed by atoms with E-state index in [9.17, 15) is 9.59 Å². The summed E-state index contributed by atoms with van der Waals surface area (Å²) in [6.45, 7) is 0. The zero-order valence-electron chi connectivity index (χ0n) is 16.8. The average Bonchev–Trinajstić information content (AvgIpc) is 3.40. The van der Waals surface area contributed by atoms with Crippen LogP contribution in [0.15, 0.2) is 36.7 Å². The number of hydrogen-bond acceptors (Lipinski definition) is 4. The number of imide groups is 1. The molecule has 0 bridgehead atoms.